The summed E-state index contributed by atoms with van der Waals surface area (Å²) in [5.41, 5.74) is 3.75. The van der Waals surface area contributed by atoms with Crippen molar-refractivity contribution >= 4 is 5.91 Å². The smallest absolute Gasteiger partial charge is 0.254 e. The third-order valence-corrected chi connectivity index (χ3v) is 5.95. The SMILES string of the molecule is Cc1nc(C2CCCN2CCCc2ccccc2)ncc1C(=O)NCc1ccccc1. The van der Waals surface area contributed by atoms with Crippen molar-refractivity contribution in [2.75, 3.05) is 13.1 Å². The molecule has 1 aliphatic rings. The molecule has 1 unspecified atom stereocenters. The highest BCUT2D eigenvalue weighted by molar-refractivity contribution is 5.94. The largest absolute Gasteiger partial charge is 0.348 e. The molecule has 160 valence electrons. The van der Waals surface area contributed by atoms with Crippen molar-refractivity contribution in [3.63, 3.8) is 0 Å². The van der Waals surface area contributed by atoms with E-state index in [1.807, 2.05) is 37.3 Å². The Hall–Kier alpha value is -3.05. The molecule has 0 bridgehead atoms. The molecule has 0 radical (unpaired) electrons. The Morgan fingerprint density at radius 2 is 1.77 bits per heavy atom. The van der Waals surface area contributed by atoms with E-state index < -0.39 is 0 Å². The van der Waals surface area contributed by atoms with Crippen LogP contribution in [-0.4, -0.2) is 33.9 Å². The summed E-state index contributed by atoms with van der Waals surface area (Å²) < 4.78 is 0. The van der Waals surface area contributed by atoms with Gasteiger partial charge in [-0.25, -0.2) is 9.97 Å². The molecule has 2 heterocycles. The van der Waals surface area contributed by atoms with Crippen LogP contribution in [0.2, 0.25) is 0 Å². The molecule has 1 N–H and O–H groups in total. The van der Waals surface area contributed by atoms with Crippen LogP contribution in [0.15, 0.2) is 66.9 Å². The maximum Gasteiger partial charge on any atom is 0.254 e. The predicted octanol–water partition coefficient (Wildman–Crippen LogP) is 4.48. The van der Waals surface area contributed by atoms with Crippen LogP contribution in [0.4, 0.5) is 0 Å². The highest BCUT2D eigenvalue weighted by Gasteiger charge is 2.28. The minimum Gasteiger partial charge on any atom is -0.348 e. The van der Waals surface area contributed by atoms with Gasteiger partial charge in [0.1, 0.15) is 5.82 Å². The van der Waals surface area contributed by atoms with Crippen molar-refractivity contribution in [3.8, 4) is 0 Å². The highest BCUT2D eigenvalue weighted by Crippen LogP contribution is 2.30. The van der Waals surface area contributed by atoms with Crippen molar-refractivity contribution in [2.45, 2.75) is 45.2 Å². The Morgan fingerprint density at radius 3 is 2.48 bits per heavy atom. The molecule has 1 saturated heterocycles. The van der Waals surface area contributed by atoms with Crippen LogP contribution < -0.4 is 5.32 Å². The number of aromatic nitrogens is 2. The second-order valence-electron chi connectivity index (χ2n) is 8.18. The molecular formula is C26H30N4O. The van der Waals surface area contributed by atoms with E-state index in [9.17, 15) is 4.79 Å². The minimum atomic E-state index is -0.126. The van der Waals surface area contributed by atoms with Crippen LogP contribution >= 0.6 is 0 Å². The summed E-state index contributed by atoms with van der Waals surface area (Å²) in [6.07, 6.45) is 6.14. The molecule has 0 saturated carbocycles. The maximum absolute atomic E-state index is 12.6. The van der Waals surface area contributed by atoms with Crippen molar-refractivity contribution in [1.29, 1.82) is 0 Å². The van der Waals surface area contributed by atoms with Gasteiger partial charge in [-0.2, -0.15) is 0 Å². The number of nitrogens with one attached hydrogen (secondary N) is 1. The molecule has 1 amide bonds. The van der Waals surface area contributed by atoms with E-state index >= 15 is 0 Å². The molecule has 3 aromatic rings. The molecule has 5 nitrogen and oxygen atoms in total. The summed E-state index contributed by atoms with van der Waals surface area (Å²) in [5, 5.41) is 2.97. The first kappa shape index (κ1) is 21.2. The maximum atomic E-state index is 12.6. The number of benzene rings is 2. The number of rotatable bonds is 8. The van der Waals surface area contributed by atoms with Gasteiger partial charge in [0, 0.05) is 12.7 Å². The zero-order valence-corrected chi connectivity index (χ0v) is 18.1. The third kappa shape index (κ3) is 5.56. The van der Waals surface area contributed by atoms with Gasteiger partial charge in [0.15, 0.2) is 0 Å². The lowest BCUT2D eigenvalue weighted by Gasteiger charge is -2.23. The van der Waals surface area contributed by atoms with Gasteiger partial charge >= 0.3 is 0 Å². The lowest BCUT2D eigenvalue weighted by molar-refractivity contribution is 0.0949. The average molecular weight is 415 g/mol. The summed E-state index contributed by atoms with van der Waals surface area (Å²) in [7, 11) is 0. The molecular weight excluding hydrogens is 384 g/mol. The van der Waals surface area contributed by atoms with Crippen LogP contribution in [0.3, 0.4) is 0 Å². The molecule has 1 atom stereocenters. The van der Waals surface area contributed by atoms with Crippen LogP contribution in [0.1, 0.15) is 58.3 Å². The molecule has 4 rings (SSSR count). The predicted molar refractivity (Wildman–Crippen MR) is 123 cm³/mol. The monoisotopic (exact) mass is 414 g/mol. The normalized spacial score (nSPS) is 16.4. The standard InChI is InChI=1S/C26H30N4O/c1-20-23(26(31)28-18-22-12-6-3-7-13-22)19-27-25(29-20)24-15-9-17-30(24)16-8-14-21-10-4-2-5-11-21/h2-7,10-13,19,24H,8-9,14-18H2,1H3,(H,28,31). The Bertz CT molecular complexity index is 991. The van der Waals surface area contributed by atoms with Gasteiger partial charge in [0.25, 0.3) is 5.91 Å². The Balaban J connectivity index is 1.35. The van der Waals surface area contributed by atoms with E-state index in [0.29, 0.717) is 12.1 Å². The van der Waals surface area contributed by atoms with Gasteiger partial charge in [-0.15, -0.1) is 0 Å². The topological polar surface area (TPSA) is 58.1 Å². The highest BCUT2D eigenvalue weighted by atomic mass is 16.1. The number of hydrogen-bond acceptors (Lipinski definition) is 4. The molecule has 31 heavy (non-hydrogen) atoms. The number of carbonyl (C=O) groups excluding carboxylic acids is 1. The first-order valence-corrected chi connectivity index (χ1v) is 11.1. The van der Waals surface area contributed by atoms with Crippen LogP contribution in [-0.2, 0) is 13.0 Å². The fraction of sp³-hybridized carbons (Fsp3) is 0.346. The zero-order chi connectivity index (χ0) is 21.5. The lowest BCUT2D eigenvalue weighted by atomic mass is 10.1. The quantitative estimate of drug-likeness (QED) is 0.590. The van der Waals surface area contributed by atoms with E-state index in [2.05, 4.69) is 45.5 Å². The van der Waals surface area contributed by atoms with Crippen molar-refractivity contribution in [2.24, 2.45) is 0 Å². The summed E-state index contributed by atoms with van der Waals surface area (Å²) in [6.45, 7) is 4.53. The first-order valence-electron chi connectivity index (χ1n) is 11.1. The fourth-order valence-corrected chi connectivity index (χ4v) is 4.26. The van der Waals surface area contributed by atoms with E-state index in [4.69, 9.17) is 4.98 Å². The lowest BCUT2D eigenvalue weighted by Crippen LogP contribution is -2.28. The Morgan fingerprint density at radius 1 is 1.06 bits per heavy atom. The molecule has 1 fully saturated rings. The number of aryl methyl sites for hydroxylation is 2. The van der Waals surface area contributed by atoms with Gasteiger partial charge in [0.05, 0.1) is 17.3 Å². The number of likely N-dealkylation sites (tertiary alicyclic amines) is 1. The summed E-state index contributed by atoms with van der Waals surface area (Å²) in [5.74, 6) is 0.716. The number of amides is 1. The molecule has 0 aliphatic carbocycles. The van der Waals surface area contributed by atoms with Crippen molar-refractivity contribution < 1.29 is 4.79 Å². The zero-order valence-electron chi connectivity index (χ0n) is 18.1. The van der Waals surface area contributed by atoms with Gasteiger partial charge in [-0.1, -0.05) is 60.7 Å². The summed E-state index contributed by atoms with van der Waals surface area (Å²) in [6, 6.07) is 20.8. The second-order valence-corrected chi connectivity index (χ2v) is 8.18. The Labute approximate surface area is 184 Å². The van der Waals surface area contributed by atoms with Crippen molar-refractivity contribution in [3.05, 3.63) is 95.1 Å². The average Bonchev–Trinajstić information content (AvgIpc) is 3.27. The molecule has 5 heteroatoms. The van der Waals surface area contributed by atoms with Crippen LogP contribution in [0, 0.1) is 6.92 Å². The summed E-state index contributed by atoms with van der Waals surface area (Å²) in [4.78, 5) is 24.4. The first-order chi connectivity index (χ1) is 15.2. The van der Waals surface area contributed by atoms with Gasteiger partial charge < -0.3 is 5.32 Å². The summed E-state index contributed by atoms with van der Waals surface area (Å²) >= 11 is 0. The number of nitrogens with zero attached hydrogens (tertiary/aromatic N) is 3. The number of carbonyl (C=O) groups is 1. The second kappa shape index (κ2) is 10.3. The fourth-order valence-electron chi connectivity index (χ4n) is 4.26. The molecule has 2 aromatic carbocycles. The minimum absolute atomic E-state index is 0.126. The Kier molecular flexibility index (Phi) is 7.05. The van der Waals surface area contributed by atoms with Crippen LogP contribution in [0.25, 0.3) is 0 Å². The van der Waals surface area contributed by atoms with E-state index in [1.165, 1.54) is 5.56 Å². The van der Waals surface area contributed by atoms with Crippen molar-refractivity contribution in [1.82, 2.24) is 20.2 Å². The number of hydrogen-bond donors (Lipinski definition) is 1. The van der Waals surface area contributed by atoms with E-state index in [-0.39, 0.29) is 11.9 Å². The molecule has 1 aromatic heterocycles. The van der Waals surface area contributed by atoms with Gasteiger partial charge in [0.2, 0.25) is 0 Å². The van der Waals surface area contributed by atoms with E-state index in [0.717, 1.165) is 55.9 Å². The van der Waals surface area contributed by atoms with E-state index in [1.54, 1.807) is 6.20 Å². The van der Waals surface area contributed by atoms with Gasteiger partial charge in [-0.3, -0.25) is 9.69 Å². The third-order valence-electron chi connectivity index (χ3n) is 5.95. The van der Waals surface area contributed by atoms with Crippen LogP contribution in [0.5, 0.6) is 0 Å². The van der Waals surface area contributed by atoms with Gasteiger partial charge in [-0.05, 0) is 56.8 Å². The molecule has 1 aliphatic heterocycles. The molecule has 0 spiro atoms.